The molecule has 2 N–H and O–H groups in total. The Bertz CT molecular complexity index is 1710. The molecular weight excluding hydrogens is 536 g/mol. The molecule has 8 nitrogen and oxygen atoms in total. The lowest BCUT2D eigenvalue weighted by molar-refractivity contribution is 0.0877. The molecule has 3 aromatic carbocycles. The predicted molar refractivity (Wildman–Crippen MR) is 160 cm³/mol. The number of benzene rings is 3. The van der Waals surface area contributed by atoms with Crippen LogP contribution in [0.15, 0.2) is 77.7 Å². The molecule has 0 fully saturated rings. The Morgan fingerprint density at radius 1 is 0.878 bits per heavy atom. The molecule has 41 heavy (non-hydrogen) atoms. The summed E-state index contributed by atoms with van der Waals surface area (Å²) >= 11 is 0. The molecule has 1 aromatic heterocycles. The number of ether oxygens (including phenoxy) is 1. The molecule has 2 heterocycles. The lowest BCUT2D eigenvalue weighted by atomic mass is 9.86. The summed E-state index contributed by atoms with van der Waals surface area (Å²) in [5, 5.41) is 3.00. The second-order valence-electron chi connectivity index (χ2n) is 11.5. The zero-order valence-electron chi connectivity index (χ0n) is 24.0. The number of hydrogen-bond donors (Lipinski definition) is 2. The Kier molecular flexibility index (Phi) is 7.33. The van der Waals surface area contributed by atoms with Crippen molar-refractivity contribution in [1.29, 1.82) is 0 Å². The Morgan fingerprint density at radius 2 is 1.54 bits per heavy atom. The first-order valence-corrected chi connectivity index (χ1v) is 15.0. The summed E-state index contributed by atoms with van der Waals surface area (Å²) in [6, 6.07) is 21.1. The smallest absolute Gasteiger partial charge is 0.264 e. The molecular formula is C32H34N4O4S. The van der Waals surface area contributed by atoms with E-state index in [4.69, 9.17) is 4.74 Å². The average Bonchev–Trinajstić information content (AvgIpc) is 2.90. The minimum Gasteiger partial charge on any atom is -0.467 e. The van der Waals surface area contributed by atoms with Crippen LogP contribution in [0.5, 0.6) is 5.88 Å². The van der Waals surface area contributed by atoms with Crippen molar-refractivity contribution in [1.82, 2.24) is 15.3 Å². The van der Waals surface area contributed by atoms with Gasteiger partial charge in [0.05, 0.1) is 16.6 Å². The van der Waals surface area contributed by atoms with Crippen molar-refractivity contribution in [3.05, 3.63) is 101 Å². The lowest BCUT2D eigenvalue weighted by Gasteiger charge is -2.27. The summed E-state index contributed by atoms with van der Waals surface area (Å²) < 4.78 is 35.7. The van der Waals surface area contributed by atoms with Gasteiger partial charge >= 0.3 is 0 Å². The molecule has 4 aromatic rings. The van der Waals surface area contributed by atoms with E-state index >= 15 is 0 Å². The number of aryl methyl sites for hydroxylation is 2. The summed E-state index contributed by atoms with van der Waals surface area (Å²) in [4.78, 5) is 22.2. The molecule has 0 saturated heterocycles. The fraction of sp³-hybridized carbons (Fsp3) is 0.281. The van der Waals surface area contributed by atoms with E-state index in [1.165, 1.54) is 18.2 Å². The van der Waals surface area contributed by atoms with Crippen molar-refractivity contribution in [3.8, 4) is 17.1 Å². The molecule has 0 aliphatic carbocycles. The van der Waals surface area contributed by atoms with Crippen molar-refractivity contribution in [2.75, 3.05) is 4.72 Å². The maximum atomic E-state index is 13.4. The van der Waals surface area contributed by atoms with Gasteiger partial charge < -0.3 is 10.1 Å². The summed E-state index contributed by atoms with van der Waals surface area (Å²) in [6.07, 6.45) is -0.637. The van der Waals surface area contributed by atoms with Crippen LogP contribution in [0.3, 0.4) is 0 Å². The van der Waals surface area contributed by atoms with Crippen LogP contribution in [0.2, 0.25) is 0 Å². The number of carbonyl (C=O) groups excluding carboxylic acids is 1. The molecule has 9 heteroatoms. The van der Waals surface area contributed by atoms with Crippen molar-refractivity contribution in [2.24, 2.45) is 0 Å². The number of hydrogen-bond acceptors (Lipinski definition) is 6. The highest BCUT2D eigenvalue weighted by molar-refractivity contribution is 7.92. The number of amides is 1. The van der Waals surface area contributed by atoms with Crippen LogP contribution in [0.25, 0.3) is 11.3 Å². The van der Waals surface area contributed by atoms with Crippen molar-refractivity contribution in [3.63, 3.8) is 0 Å². The van der Waals surface area contributed by atoms with Gasteiger partial charge in [-0.3, -0.25) is 4.79 Å². The quantitative estimate of drug-likeness (QED) is 0.301. The van der Waals surface area contributed by atoms with E-state index in [0.717, 1.165) is 27.8 Å². The monoisotopic (exact) mass is 570 g/mol. The topological polar surface area (TPSA) is 110 Å². The van der Waals surface area contributed by atoms with Crippen LogP contribution in [-0.4, -0.2) is 30.3 Å². The van der Waals surface area contributed by atoms with Crippen molar-refractivity contribution < 1.29 is 17.9 Å². The normalized spacial score (nSPS) is 18.5. The van der Waals surface area contributed by atoms with E-state index in [0.29, 0.717) is 5.69 Å². The Balaban J connectivity index is 1.70. The first-order chi connectivity index (χ1) is 19.3. The first kappa shape index (κ1) is 28.3. The number of fused-ring (bicyclic) bond motifs is 4. The Hall–Kier alpha value is -4.24. The molecule has 1 amide bonds. The van der Waals surface area contributed by atoms with Gasteiger partial charge in [0.2, 0.25) is 11.8 Å². The Labute approximate surface area is 241 Å². The zero-order chi connectivity index (χ0) is 29.5. The number of nitrogens with one attached hydrogen (secondary N) is 2. The van der Waals surface area contributed by atoms with E-state index in [1.54, 1.807) is 12.1 Å². The van der Waals surface area contributed by atoms with E-state index in [1.807, 2.05) is 51.1 Å². The predicted octanol–water partition coefficient (Wildman–Crippen LogP) is 6.11. The van der Waals surface area contributed by atoms with Gasteiger partial charge in [0.15, 0.2) is 0 Å². The molecule has 1 aliphatic rings. The van der Waals surface area contributed by atoms with E-state index in [9.17, 15) is 13.2 Å². The van der Waals surface area contributed by atoms with E-state index in [-0.39, 0.29) is 27.7 Å². The second-order valence-corrected chi connectivity index (χ2v) is 13.2. The van der Waals surface area contributed by atoms with Crippen LogP contribution < -0.4 is 14.8 Å². The average molecular weight is 571 g/mol. The third-order valence-corrected chi connectivity index (χ3v) is 8.56. The first-order valence-electron chi connectivity index (χ1n) is 13.5. The summed E-state index contributed by atoms with van der Waals surface area (Å²) in [5.74, 6) is -0.367. The van der Waals surface area contributed by atoms with Gasteiger partial charge in [0, 0.05) is 17.2 Å². The minimum atomic E-state index is -4.11. The van der Waals surface area contributed by atoms with Crippen LogP contribution in [-0.2, 0) is 15.4 Å². The number of nitrogens with zero attached hydrogens (tertiary/aromatic N) is 2. The number of rotatable bonds is 2. The van der Waals surface area contributed by atoms with Gasteiger partial charge in [-0.1, -0.05) is 69.3 Å². The number of sulfonamides is 1. The van der Waals surface area contributed by atoms with Crippen LogP contribution in [0, 0.1) is 13.8 Å². The van der Waals surface area contributed by atoms with Crippen LogP contribution in [0.1, 0.15) is 66.4 Å². The van der Waals surface area contributed by atoms with Crippen molar-refractivity contribution in [2.45, 2.75) is 64.0 Å². The molecule has 4 bridgehead atoms. The zero-order valence-corrected chi connectivity index (χ0v) is 24.8. The SMILES string of the molecule is Cc1cccc(C)c1-c1cc2nc(n1)NS(=O)(=O)c1cccc(c1)C(=O)N[C@H](C)[C@H](c1ccc(C(C)(C)C)cc1)O2. The molecule has 0 spiro atoms. The summed E-state index contributed by atoms with van der Waals surface area (Å²) in [6.45, 7) is 12.2. The second kappa shape index (κ2) is 10.6. The summed E-state index contributed by atoms with van der Waals surface area (Å²) in [7, 11) is -4.11. The molecule has 1 aliphatic heterocycles. The standard InChI is InChI=1S/C32H34N4O4S/c1-19-9-7-10-20(2)28(19)26-18-27-35-31(34-26)36-41(38,39)25-12-8-11-23(17-25)30(37)33-21(3)29(40-27)22-13-15-24(16-14-22)32(4,5)6/h7-18,21,29H,1-6H3,(H,33,37)(H,34,35,36)/t21-,29-/m1/s1. The number of carbonyl (C=O) groups is 1. The molecule has 0 radical (unpaired) electrons. The maximum Gasteiger partial charge on any atom is 0.264 e. The summed E-state index contributed by atoms with van der Waals surface area (Å²) in [5.41, 5.74) is 5.51. The van der Waals surface area contributed by atoms with Gasteiger partial charge in [-0.2, -0.15) is 4.98 Å². The highest BCUT2D eigenvalue weighted by Crippen LogP contribution is 2.33. The van der Waals surface area contributed by atoms with Crippen LogP contribution >= 0.6 is 0 Å². The van der Waals surface area contributed by atoms with Gasteiger partial charge in [-0.15, -0.1) is 0 Å². The van der Waals surface area contributed by atoms with Gasteiger partial charge in [-0.25, -0.2) is 18.1 Å². The molecule has 5 rings (SSSR count). The van der Waals surface area contributed by atoms with Crippen molar-refractivity contribution >= 4 is 21.9 Å². The number of aromatic nitrogens is 2. The van der Waals surface area contributed by atoms with Crippen LogP contribution in [0.4, 0.5) is 5.95 Å². The molecule has 0 unspecified atom stereocenters. The molecule has 212 valence electrons. The number of anilines is 1. The highest BCUT2D eigenvalue weighted by Gasteiger charge is 2.28. The van der Waals surface area contributed by atoms with E-state index < -0.39 is 28.1 Å². The maximum absolute atomic E-state index is 13.4. The largest absolute Gasteiger partial charge is 0.467 e. The third kappa shape index (κ3) is 5.95. The highest BCUT2D eigenvalue weighted by atomic mass is 32.2. The Morgan fingerprint density at radius 3 is 2.20 bits per heavy atom. The fourth-order valence-corrected chi connectivity index (χ4v) is 5.98. The van der Waals surface area contributed by atoms with E-state index in [2.05, 4.69) is 52.9 Å². The fourth-order valence-electron chi connectivity index (χ4n) is 4.99. The van der Waals surface area contributed by atoms with Gasteiger partial charge in [0.25, 0.3) is 15.9 Å². The molecule has 0 saturated carbocycles. The lowest BCUT2D eigenvalue weighted by Crippen LogP contribution is -2.39. The minimum absolute atomic E-state index is 0.0337. The van der Waals surface area contributed by atoms with Gasteiger partial charge in [0.1, 0.15) is 6.10 Å². The molecule has 2 atom stereocenters. The van der Waals surface area contributed by atoms with Gasteiger partial charge in [-0.05, 0) is 66.6 Å². The third-order valence-electron chi connectivity index (χ3n) is 7.24.